The van der Waals surface area contributed by atoms with Gasteiger partial charge >= 0.3 is 0 Å². The molecular weight excluding hydrogens is 286 g/mol. The fraction of sp³-hybridized carbons (Fsp3) is 0.294. The van der Waals surface area contributed by atoms with Gasteiger partial charge in [-0.3, -0.25) is 4.90 Å². The Bertz CT molecular complexity index is 636. The molecule has 1 N–H and O–H groups in total. The van der Waals surface area contributed by atoms with E-state index in [1.165, 1.54) is 12.1 Å². The summed E-state index contributed by atoms with van der Waals surface area (Å²) in [5.41, 5.74) is 3.56. The van der Waals surface area contributed by atoms with Gasteiger partial charge in [0.2, 0.25) is 0 Å². The summed E-state index contributed by atoms with van der Waals surface area (Å²) in [6.07, 6.45) is 0. The smallest absolute Gasteiger partial charge is 0.129 e. The van der Waals surface area contributed by atoms with Crippen LogP contribution in [0.4, 0.5) is 8.78 Å². The molecule has 116 valence electrons. The number of benzene rings is 2. The van der Waals surface area contributed by atoms with Gasteiger partial charge in [0.15, 0.2) is 0 Å². The Labute approximate surface area is 128 Å². The van der Waals surface area contributed by atoms with Crippen molar-refractivity contribution in [3.05, 3.63) is 76.5 Å². The summed E-state index contributed by atoms with van der Waals surface area (Å²) in [4.78, 5) is 2.11. The number of hydrogen-bond donors (Lipinski definition) is 1. The molecule has 22 heavy (non-hydrogen) atoms. The van der Waals surface area contributed by atoms with E-state index < -0.39 is 11.6 Å². The molecule has 0 radical (unpaired) electrons. The highest BCUT2D eigenvalue weighted by molar-refractivity contribution is 5.27. The molecule has 1 saturated heterocycles. The highest BCUT2D eigenvalue weighted by Crippen LogP contribution is 2.30. The van der Waals surface area contributed by atoms with Gasteiger partial charge in [-0.1, -0.05) is 36.4 Å². The van der Waals surface area contributed by atoms with E-state index >= 15 is 0 Å². The Morgan fingerprint density at radius 3 is 2.55 bits per heavy atom. The molecule has 5 heteroatoms. The summed E-state index contributed by atoms with van der Waals surface area (Å²) in [5.74, 6) is -1.47. The van der Waals surface area contributed by atoms with Crippen LogP contribution >= 0.6 is 0 Å². The Kier molecular flexibility index (Phi) is 4.47. The highest BCUT2D eigenvalue weighted by atomic mass is 19.1. The van der Waals surface area contributed by atoms with Crippen molar-refractivity contribution in [2.24, 2.45) is 0 Å². The van der Waals surface area contributed by atoms with Crippen LogP contribution in [0.15, 0.2) is 48.5 Å². The topological polar surface area (TPSA) is 38.3 Å². The third kappa shape index (κ3) is 3.16. The largest absolute Gasteiger partial charge is 0.787 e. The average Bonchev–Trinajstić information content (AvgIpc) is 2.91. The van der Waals surface area contributed by atoms with Gasteiger partial charge in [0.1, 0.15) is 11.6 Å². The molecule has 0 unspecified atom stereocenters. The Hall–Kier alpha value is -1.82. The van der Waals surface area contributed by atoms with Gasteiger partial charge < -0.3 is 10.7 Å². The van der Waals surface area contributed by atoms with Gasteiger partial charge in [0, 0.05) is 37.7 Å². The lowest BCUT2D eigenvalue weighted by Crippen LogP contribution is -2.31. The van der Waals surface area contributed by atoms with Crippen LogP contribution < -0.4 is 5.48 Å². The van der Waals surface area contributed by atoms with E-state index in [1.54, 1.807) is 0 Å². The number of hydrogen-bond acceptors (Lipinski definition) is 3. The van der Waals surface area contributed by atoms with Crippen LogP contribution in [0.3, 0.4) is 0 Å². The lowest BCUT2D eigenvalue weighted by Gasteiger charge is -2.23. The molecule has 1 aliphatic rings. The highest BCUT2D eigenvalue weighted by Gasteiger charge is 2.33. The van der Waals surface area contributed by atoms with Crippen LogP contribution in [0, 0.1) is 16.8 Å². The van der Waals surface area contributed by atoms with Gasteiger partial charge in [-0.15, -0.1) is 0 Å². The first-order valence-corrected chi connectivity index (χ1v) is 7.26. The number of likely N-dealkylation sites (tertiary alicyclic amines) is 1. The second-order valence-corrected chi connectivity index (χ2v) is 5.68. The maximum atomic E-state index is 14.0. The van der Waals surface area contributed by atoms with E-state index in [0.29, 0.717) is 25.2 Å². The van der Waals surface area contributed by atoms with E-state index in [-0.39, 0.29) is 12.0 Å². The maximum Gasteiger partial charge on any atom is 0.129 e. The molecule has 1 aliphatic heterocycles. The normalized spacial score (nSPS) is 22.1. The molecule has 3 nitrogen and oxygen atoms in total. The SMILES string of the molecule is [O-]N[C@H]1CN(Cc2ccccc2)C[C@@H]1c1ccc(F)cc1F. The minimum Gasteiger partial charge on any atom is -0.787 e. The molecule has 0 aliphatic carbocycles. The van der Waals surface area contributed by atoms with Crippen molar-refractivity contribution in [2.75, 3.05) is 13.1 Å². The van der Waals surface area contributed by atoms with Crippen molar-refractivity contribution < 1.29 is 8.78 Å². The lowest BCUT2D eigenvalue weighted by molar-refractivity contribution is 0.321. The zero-order valence-corrected chi connectivity index (χ0v) is 12.0. The molecule has 0 aromatic heterocycles. The van der Waals surface area contributed by atoms with Crippen molar-refractivity contribution in [3.63, 3.8) is 0 Å². The molecule has 0 amide bonds. The van der Waals surface area contributed by atoms with E-state index in [4.69, 9.17) is 0 Å². The first-order valence-electron chi connectivity index (χ1n) is 7.26. The predicted molar refractivity (Wildman–Crippen MR) is 81.1 cm³/mol. The molecule has 2 aromatic rings. The quantitative estimate of drug-likeness (QED) is 0.882. The van der Waals surface area contributed by atoms with Crippen LogP contribution in [0.5, 0.6) is 0 Å². The number of nitrogens with zero attached hydrogens (tertiary/aromatic N) is 1. The summed E-state index contributed by atoms with van der Waals surface area (Å²) in [6, 6.07) is 13.1. The molecule has 1 fully saturated rings. The first kappa shape index (κ1) is 15.1. The number of hydroxylamine groups is 1. The van der Waals surface area contributed by atoms with Crippen LogP contribution in [0.25, 0.3) is 0 Å². The van der Waals surface area contributed by atoms with Crippen molar-refractivity contribution >= 4 is 0 Å². The molecular formula is C17H17F2N2O-. The predicted octanol–water partition coefficient (Wildman–Crippen LogP) is 3.02. The standard InChI is InChI=1S/C17H17F2N2O/c18-13-6-7-14(16(19)8-13)15-10-21(11-17(15)20-22)9-12-4-2-1-3-5-12/h1-8,15,17,20H,9-11H2/q-1/t15-,17+/m1/s1. The zero-order valence-electron chi connectivity index (χ0n) is 12.0. The lowest BCUT2D eigenvalue weighted by atomic mass is 9.94. The first-order chi connectivity index (χ1) is 10.7. The Morgan fingerprint density at radius 1 is 1.09 bits per heavy atom. The summed E-state index contributed by atoms with van der Waals surface area (Å²) < 4.78 is 27.0. The molecule has 2 atom stereocenters. The molecule has 0 bridgehead atoms. The molecule has 3 rings (SSSR count). The van der Waals surface area contributed by atoms with E-state index in [9.17, 15) is 14.0 Å². The van der Waals surface area contributed by atoms with Crippen LogP contribution in [-0.2, 0) is 6.54 Å². The zero-order chi connectivity index (χ0) is 15.5. The molecule has 1 heterocycles. The van der Waals surface area contributed by atoms with Crippen molar-refractivity contribution in [1.82, 2.24) is 10.4 Å². The second kappa shape index (κ2) is 6.52. The van der Waals surface area contributed by atoms with Gasteiger partial charge in [-0.25, -0.2) is 8.78 Å². The third-order valence-corrected chi connectivity index (χ3v) is 4.16. The van der Waals surface area contributed by atoms with Crippen LogP contribution in [0.2, 0.25) is 0 Å². The van der Waals surface area contributed by atoms with Crippen molar-refractivity contribution in [3.8, 4) is 0 Å². The number of nitrogens with one attached hydrogen (secondary N) is 1. The van der Waals surface area contributed by atoms with Crippen molar-refractivity contribution in [2.45, 2.75) is 18.5 Å². The monoisotopic (exact) mass is 303 g/mol. The van der Waals surface area contributed by atoms with Gasteiger partial charge in [0.25, 0.3) is 0 Å². The van der Waals surface area contributed by atoms with Crippen molar-refractivity contribution in [1.29, 1.82) is 0 Å². The minimum absolute atomic E-state index is 0.276. The summed E-state index contributed by atoms with van der Waals surface area (Å²) in [6.45, 7) is 1.82. The van der Waals surface area contributed by atoms with Gasteiger partial charge in [-0.05, 0) is 17.2 Å². The molecule has 2 aromatic carbocycles. The number of halogens is 2. The molecule has 0 saturated carbocycles. The van der Waals surface area contributed by atoms with E-state index in [0.717, 1.165) is 11.6 Å². The summed E-state index contributed by atoms with van der Waals surface area (Å²) >= 11 is 0. The van der Waals surface area contributed by atoms with Crippen LogP contribution in [0.1, 0.15) is 17.0 Å². The van der Waals surface area contributed by atoms with Gasteiger partial charge in [0.05, 0.1) is 0 Å². The van der Waals surface area contributed by atoms with E-state index in [1.807, 2.05) is 35.8 Å². The summed E-state index contributed by atoms with van der Waals surface area (Å²) in [7, 11) is 0. The fourth-order valence-corrected chi connectivity index (χ4v) is 3.09. The Morgan fingerprint density at radius 2 is 1.86 bits per heavy atom. The van der Waals surface area contributed by atoms with Crippen LogP contribution in [-0.4, -0.2) is 24.0 Å². The summed E-state index contributed by atoms with van der Waals surface area (Å²) in [5, 5.41) is 11.2. The van der Waals surface area contributed by atoms with Gasteiger partial charge in [-0.2, -0.15) is 0 Å². The Balaban J connectivity index is 1.77. The third-order valence-electron chi connectivity index (χ3n) is 4.16. The maximum absolute atomic E-state index is 14.0. The molecule has 0 spiro atoms. The average molecular weight is 303 g/mol. The second-order valence-electron chi connectivity index (χ2n) is 5.68. The number of rotatable bonds is 4. The van der Waals surface area contributed by atoms with E-state index in [2.05, 4.69) is 4.90 Å². The minimum atomic E-state index is -0.605. The fourth-order valence-electron chi connectivity index (χ4n) is 3.09.